The number of sulfonamides is 1. The molecule has 0 aliphatic rings. The predicted molar refractivity (Wildman–Crippen MR) is 82.4 cm³/mol. The van der Waals surface area contributed by atoms with Crippen molar-refractivity contribution in [3.63, 3.8) is 0 Å². The molecule has 1 aromatic carbocycles. The Morgan fingerprint density at radius 3 is 2.67 bits per heavy atom. The van der Waals surface area contributed by atoms with Crippen LogP contribution in [-0.2, 0) is 14.8 Å². The summed E-state index contributed by atoms with van der Waals surface area (Å²) < 4.78 is 32.5. The quantitative estimate of drug-likeness (QED) is 0.769. The van der Waals surface area contributed by atoms with E-state index in [-0.39, 0.29) is 18.5 Å². The topological polar surface area (TPSA) is 55.4 Å². The Bertz CT molecular complexity index is 500. The van der Waals surface area contributed by atoms with Crippen molar-refractivity contribution in [1.82, 2.24) is 0 Å². The zero-order valence-electron chi connectivity index (χ0n) is 10.7. The number of aryl methyl sites for hydroxylation is 1. The third-order valence-corrected chi connectivity index (χ3v) is 4.17. The van der Waals surface area contributed by atoms with Gasteiger partial charge in [-0.1, -0.05) is 6.07 Å². The van der Waals surface area contributed by atoms with E-state index >= 15 is 0 Å². The molecule has 4 nitrogen and oxygen atoms in total. The highest BCUT2D eigenvalue weighted by atomic mass is 127. The minimum atomic E-state index is -3.35. The van der Waals surface area contributed by atoms with E-state index in [1.54, 1.807) is 0 Å². The van der Waals surface area contributed by atoms with E-state index in [1.165, 1.54) is 0 Å². The number of nitrogens with one attached hydrogen (secondary N) is 1. The van der Waals surface area contributed by atoms with Crippen molar-refractivity contribution in [3.05, 3.63) is 27.3 Å². The highest BCUT2D eigenvalue weighted by Gasteiger charge is 2.12. The van der Waals surface area contributed by atoms with Gasteiger partial charge in [0.15, 0.2) is 0 Å². The number of hydrogen-bond acceptors (Lipinski definition) is 3. The Morgan fingerprint density at radius 2 is 2.06 bits per heavy atom. The van der Waals surface area contributed by atoms with E-state index in [4.69, 9.17) is 4.74 Å². The van der Waals surface area contributed by atoms with Crippen LogP contribution in [0.15, 0.2) is 18.2 Å². The summed E-state index contributed by atoms with van der Waals surface area (Å²) in [6.07, 6.45) is 0.0413. The van der Waals surface area contributed by atoms with Gasteiger partial charge in [-0.15, -0.1) is 0 Å². The maximum Gasteiger partial charge on any atom is 0.235 e. The van der Waals surface area contributed by atoms with Crippen LogP contribution in [0.4, 0.5) is 5.69 Å². The third-order valence-electron chi connectivity index (χ3n) is 2.27. The molecule has 1 rings (SSSR count). The van der Waals surface area contributed by atoms with Gasteiger partial charge >= 0.3 is 0 Å². The molecule has 1 aromatic rings. The minimum Gasteiger partial charge on any atom is -0.378 e. The van der Waals surface area contributed by atoms with Crippen LogP contribution in [0.2, 0.25) is 0 Å². The molecule has 0 atom stereocenters. The van der Waals surface area contributed by atoms with Crippen LogP contribution >= 0.6 is 22.6 Å². The standard InChI is InChI=1S/C12H18INO3S/c1-9(2)17-6-7-18(15,16)14-12-8-11(13)5-4-10(12)3/h4-5,8-9,14H,6-7H2,1-3H3. The fourth-order valence-electron chi connectivity index (χ4n) is 1.32. The Hall–Kier alpha value is -0.340. The smallest absolute Gasteiger partial charge is 0.235 e. The highest BCUT2D eigenvalue weighted by molar-refractivity contribution is 14.1. The van der Waals surface area contributed by atoms with E-state index in [9.17, 15) is 8.42 Å². The molecule has 0 aliphatic carbocycles. The van der Waals surface area contributed by atoms with E-state index < -0.39 is 10.0 Å². The number of ether oxygens (including phenoxy) is 1. The molecule has 0 aliphatic heterocycles. The average molecular weight is 383 g/mol. The van der Waals surface area contributed by atoms with Crippen LogP contribution in [-0.4, -0.2) is 26.9 Å². The SMILES string of the molecule is Cc1ccc(I)cc1NS(=O)(=O)CCOC(C)C. The van der Waals surface area contributed by atoms with Crippen molar-refractivity contribution >= 4 is 38.3 Å². The Kier molecular flexibility index (Phi) is 5.87. The zero-order chi connectivity index (χ0) is 13.8. The maximum absolute atomic E-state index is 11.9. The largest absolute Gasteiger partial charge is 0.378 e. The highest BCUT2D eigenvalue weighted by Crippen LogP contribution is 2.19. The molecule has 0 bridgehead atoms. The first-order valence-electron chi connectivity index (χ1n) is 5.68. The lowest BCUT2D eigenvalue weighted by Gasteiger charge is -2.12. The second-order valence-electron chi connectivity index (χ2n) is 4.30. The van der Waals surface area contributed by atoms with E-state index in [0.29, 0.717) is 5.69 Å². The van der Waals surface area contributed by atoms with Crippen molar-refractivity contribution in [1.29, 1.82) is 0 Å². The fraction of sp³-hybridized carbons (Fsp3) is 0.500. The lowest BCUT2D eigenvalue weighted by molar-refractivity contribution is 0.0913. The molecule has 0 aromatic heterocycles. The van der Waals surface area contributed by atoms with E-state index in [1.807, 2.05) is 39.0 Å². The van der Waals surface area contributed by atoms with Crippen molar-refractivity contribution in [2.45, 2.75) is 26.9 Å². The van der Waals surface area contributed by atoms with Crippen molar-refractivity contribution in [3.8, 4) is 0 Å². The van der Waals surface area contributed by atoms with Gasteiger partial charge in [0, 0.05) is 3.57 Å². The summed E-state index contributed by atoms with van der Waals surface area (Å²) in [6, 6.07) is 5.65. The second kappa shape index (κ2) is 6.72. The van der Waals surface area contributed by atoms with Crippen LogP contribution < -0.4 is 4.72 Å². The van der Waals surface area contributed by atoms with Crippen molar-refractivity contribution < 1.29 is 13.2 Å². The zero-order valence-corrected chi connectivity index (χ0v) is 13.7. The first-order chi connectivity index (χ1) is 8.30. The maximum atomic E-state index is 11.9. The van der Waals surface area contributed by atoms with Crippen LogP contribution in [0.1, 0.15) is 19.4 Å². The normalized spacial score (nSPS) is 11.8. The number of hydrogen-bond donors (Lipinski definition) is 1. The average Bonchev–Trinajstić information content (AvgIpc) is 2.22. The Morgan fingerprint density at radius 1 is 1.39 bits per heavy atom. The molecule has 102 valence electrons. The number of rotatable bonds is 6. The number of benzene rings is 1. The van der Waals surface area contributed by atoms with Gasteiger partial charge in [-0.2, -0.15) is 0 Å². The molecule has 0 radical (unpaired) electrons. The summed E-state index contributed by atoms with van der Waals surface area (Å²) in [7, 11) is -3.35. The van der Waals surface area contributed by atoms with Gasteiger partial charge in [0.2, 0.25) is 10.0 Å². The molecule has 0 saturated carbocycles. The molecule has 0 spiro atoms. The van der Waals surface area contributed by atoms with E-state index in [0.717, 1.165) is 9.13 Å². The summed E-state index contributed by atoms with van der Waals surface area (Å²) in [5, 5.41) is 0. The molecule has 0 unspecified atom stereocenters. The van der Waals surface area contributed by atoms with Crippen molar-refractivity contribution in [2.75, 3.05) is 17.1 Å². The Balaban J connectivity index is 2.67. The van der Waals surface area contributed by atoms with E-state index in [2.05, 4.69) is 27.3 Å². The van der Waals surface area contributed by atoms with Gasteiger partial charge in [0.05, 0.1) is 24.2 Å². The predicted octanol–water partition coefficient (Wildman–Crippen LogP) is 2.77. The fourth-order valence-corrected chi connectivity index (χ4v) is 2.78. The van der Waals surface area contributed by atoms with Gasteiger partial charge in [-0.25, -0.2) is 8.42 Å². The molecule has 6 heteroatoms. The van der Waals surface area contributed by atoms with Crippen LogP contribution in [0, 0.1) is 10.5 Å². The van der Waals surface area contributed by atoms with Crippen LogP contribution in [0.3, 0.4) is 0 Å². The number of halogens is 1. The molecule has 0 heterocycles. The molecule has 0 saturated heterocycles. The summed E-state index contributed by atoms with van der Waals surface area (Å²) in [4.78, 5) is 0. The van der Waals surface area contributed by atoms with Gasteiger partial charge in [-0.3, -0.25) is 4.72 Å². The molecular weight excluding hydrogens is 365 g/mol. The second-order valence-corrected chi connectivity index (χ2v) is 7.39. The van der Waals surface area contributed by atoms with Gasteiger partial charge in [-0.05, 0) is 61.1 Å². The van der Waals surface area contributed by atoms with Gasteiger partial charge in [0.25, 0.3) is 0 Å². The minimum absolute atomic E-state index is 0.0317. The van der Waals surface area contributed by atoms with Gasteiger partial charge in [0.1, 0.15) is 0 Å². The first-order valence-corrected chi connectivity index (χ1v) is 8.41. The lowest BCUT2D eigenvalue weighted by atomic mass is 10.2. The van der Waals surface area contributed by atoms with Crippen molar-refractivity contribution in [2.24, 2.45) is 0 Å². The summed E-state index contributed by atoms with van der Waals surface area (Å²) in [5.74, 6) is -0.0317. The monoisotopic (exact) mass is 383 g/mol. The van der Waals surface area contributed by atoms with Crippen LogP contribution in [0.25, 0.3) is 0 Å². The molecular formula is C12H18INO3S. The number of anilines is 1. The molecule has 1 N–H and O–H groups in total. The summed E-state index contributed by atoms with van der Waals surface area (Å²) in [6.45, 7) is 5.84. The summed E-state index contributed by atoms with van der Waals surface area (Å²) in [5.41, 5.74) is 1.54. The molecule has 0 amide bonds. The first kappa shape index (κ1) is 15.7. The van der Waals surface area contributed by atoms with Crippen LogP contribution in [0.5, 0.6) is 0 Å². The lowest BCUT2D eigenvalue weighted by Crippen LogP contribution is -2.22. The third kappa shape index (κ3) is 5.53. The Labute approximate surface area is 122 Å². The molecule has 18 heavy (non-hydrogen) atoms. The summed E-state index contributed by atoms with van der Waals surface area (Å²) >= 11 is 2.15. The van der Waals surface area contributed by atoms with Gasteiger partial charge < -0.3 is 4.74 Å². The molecule has 0 fully saturated rings.